The number of halogens is 1. The Labute approximate surface area is 110 Å². The van der Waals surface area contributed by atoms with Gasteiger partial charge in [0.05, 0.1) is 0 Å². The first-order chi connectivity index (χ1) is 8.63. The van der Waals surface area contributed by atoms with Crippen LogP contribution in [0.2, 0.25) is 0 Å². The zero-order chi connectivity index (χ0) is 13.4. The fourth-order valence-corrected chi connectivity index (χ4v) is 2.10. The van der Waals surface area contributed by atoms with Crippen LogP contribution in [0.5, 0.6) is 0 Å². The van der Waals surface area contributed by atoms with Crippen molar-refractivity contribution < 1.29 is 4.39 Å². The van der Waals surface area contributed by atoms with E-state index in [0.717, 1.165) is 31.6 Å². The van der Waals surface area contributed by atoms with E-state index in [0.29, 0.717) is 12.5 Å². The first kappa shape index (κ1) is 15.1. The molecule has 18 heavy (non-hydrogen) atoms. The summed E-state index contributed by atoms with van der Waals surface area (Å²) in [5, 5.41) is 3.41. The Hall–Kier alpha value is -0.930. The number of nitrogens with one attached hydrogen (secondary N) is 1. The topological polar surface area (TPSA) is 15.3 Å². The SMILES string of the molecule is CCCNCC(C)CN(C)Cc1ccccc1F. The highest BCUT2D eigenvalue weighted by Gasteiger charge is 2.08. The van der Waals surface area contributed by atoms with Gasteiger partial charge in [0.15, 0.2) is 0 Å². The zero-order valence-electron chi connectivity index (χ0n) is 11.7. The molecule has 1 N–H and O–H groups in total. The van der Waals surface area contributed by atoms with E-state index in [4.69, 9.17) is 0 Å². The molecule has 1 atom stereocenters. The third-order valence-corrected chi connectivity index (χ3v) is 2.94. The standard InChI is InChI=1S/C15H25FN2/c1-4-9-17-10-13(2)11-18(3)12-14-7-5-6-8-15(14)16/h5-8,13,17H,4,9-12H2,1-3H3. The normalized spacial score (nSPS) is 12.9. The maximum absolute atomic E-state index is 13.5. The molecular formula is C15H25FN2. The van der Waals surface area contributed by atoms with Crippen LogP contribution in [0.4, 0.5) is 4.39 Å². The van der Waals surface area contributed by atoms with Crippen LogP contribution < -0.4 is 5.32 Å². The van der Waals surface area contributed by atoms with Gasteiger partial charge in [0.25, 0.3) is 0 Å². The maximum Gasteiger partial charge on any atom is 0.127 e. The predicted molar refractivity (Wildman–Crippen MR) is 75.1 cm³/mol. The molecular weight excluding hydrogens is 227 g/mol. The van der Waals surface area contributed by atoms with Gasteiger partial charge in [-0.05, 0) is 38.5 Å². The van der Waals surface area contributed by atoms with Crippen molar-refractivity contribution in [2.75, 3.05) is 26.7 Å². The number of rotatable bonds is 8. The van der Waals surface area contributed by atoms with Crippen LogP contribution in [0.1, 0.15) is 25.8 Å². The lowest BCUT2D eigenvalue weighted by Gasteiger charge is -2.21. The smallest absolute Gasteiger partial charge is 0.127 e. The molecule has 0 heterocycles. The van der Waals surface area contributed by atoms with Crippen molar-refractivity contribution in [1.29, 1.82) is 0 Å². The van der Waals surface area contributed by atoms with Gasteiger partial charge in [0.2, 0.25) is 0 Å². The van der Waals surface area contributed by atoms with Crippen molar-refractivity contribution in [3.63, 3.8) is 0 Å². The summed E-state index contributed by atoms with van der Waals surface area (Å²) in [6, 6.07) is 7.00. The highest BCUT2D eigenvalue weighted by Crippen LogP contribution is 2.09. The number of hydrogen-bond donors (Lipinski definition) is 1. The van der Waals surface area contributed by atoms with Gasteiger partial charge in [0, 0.05) is 18.7 Å². The van der Waals surface area contributed by atoms with Crippen molar-refractivity contribution in [1.82, 2.24) is 10.2 Å². The summed E-state index contributed by atoms with van der Waals surface area (Å²) in [5.41, 5.74) is 0.772. The van der Waals surface area contributed by atoms with Crippen LogP contribution >= 0.6 is 0 Å². The van der Waals surface area contributed by atoms with Crippen LogP contribution in [0.15, 0.2) is 24.3 Å². The Morgan fingerprint density at radius 3 is 2.72 bits per heavy atom. The van der Waals surface area contributed by atoms with Gasteiger partial charge in [-0.15, -0.1) is 0 Å². The van der Waals surface area contributed by atoms with Crippen LogP contribution in [0.3, 0.4) is 0 Å². The average molecular weight is 252 g/mol. The molecule has 0 aliphatic rings. The van der Waals surface area contributed by atoms with Crippen LogP contribution in [0, 0.1) is 11.7 Å². The number of nitrogens with zero attached hydrogens (tertiary/aromatic N) is 1. The Balaban J connectivity index is 2.33. The lowest BCUT2D eigenvalue weighted by Crippen LogP contribution is -2.31. The van der Waals surface area contributed by atoms with Crippen molar-refractivity contribution in [2.45, 2.75) is 26.8 Å². The summed E-state index contributed by atoms with van der Waals surface area (Å²) < 4.78 is 13.5. The van der Waals surface area contributed by atoms with E-state index >= 15 is 0 Å². The third kappa shape index (κ3) is 5.61. The molecule has 2 nitrogen and oxygen atoms in total. The Morgan fingerprint density at radius 2 is 2.06 bits per heavy atom. The monoisotopic (exact) mass is 252 g/mol. The van der Waals surface area contributed by atoms with Crippen molar-refractivity contribution in [2.24, 2.45) is 5.92 Å². The fraction of sp³-hybridized carbons (Fsp3) is 0.600. The van der Waals surface area contributed by atoms with Crippen molar-refractivity contribution in [3.05, 3.63) is 35.6 Å². The van der Waals surface area contributed by atoms with E-state index in [-0.39, 0.29) is 5.82 Å². The van der Waals surface area contributed by atoms with Crippen molar-refractivity contribution >= 4 is 0 Å². The lowest BCUT2D eigenvalue weighted by atomic mass is 10.1. The second-order valence-corrected chi connectivity index (χ2v) is 5.10. The molecule has 1 unspecified atom stereocenters. The first-order valence-corrected chi connectivity index (χ1v) is 6.76. The summed E-state index contributed by atoms with van der Waals surface area (Å²) >= 11 is 0. The summed E-state index contributed by atoms with van der Waals surface area (Å²) in [6.07, 6.45) is 1.16. The minimum Gasteiger partial charge on any atom is -0.316 e. The van der Waals surface area contributed by atoms with Crippen LogP contribution in [-0.2, 0) is 6.54 Å². The van der Waals surface area contributed by atoms with Gasteiger partial charge in [-0.2, -0.15) is 0 Å². The molecule has 102 valence electrons. The largest absolute Gasteiger partial charge is 0.316 e. The minimum atomic E-state index is -0.110. The van der Waals surface area contributed by atoms with E-state index < -0.39 is 0 Å². The molecule has 0 amide bonds. The van der Waals surface area contributed by atoms with Gasteiger partial charge in [-0.25, -0.2) is 4.39 Å². The molecule has 0 aromatic heterocycles. The summed E-state index contributed by atoms with van der Waals surface area (Å²) in [7, 11) is 2.04. The molecule has 0 aliphatic carbocycles. The van der Waals surface area contributed by atoms with Crippen molar-refractivity contribution in [3.8, 4) is 0 Å². The molecule has 0 aliphatic heterocycles. The molecule has 0 radical (unpaired) electrons. The molecule has 0 spiro atoms. The second kappa shape index (κ2) is 8.22. The van der Waals surface area contributed by atoms with E-state index in [1.165, 1.54) is 6.07 Å². The Morgan fingerprint density at radius 1 is 1.33 bits per heavy atom. The molecule has 1 aromatic rings. The highest BCUT2D eigenvalue weighted by molar-refractivity contribution is 5.16. The van der Waals surface area contributed by atoms with E-state index in [2.05, 4.69) is 24.1 Å². The van der Waals surface area contributed by atoms with Gasteiger partial charge in [-0.3, -0.25) is 0 Å². The van der Waals surface area contributed by atoms with Gasteiger partial charge in [0.1, 0.15) is 5.82 Å². The summed E-state index contributed by atoms with van der Waals surface area (Å²) in [6.45, 7) is 8.13. The predicted octanol–water partition coefficient (Wildman–Crippen LogP) is 2.89. The van der Waals surface area contributed by atoms with Gasteiger partial charge >= 0.3 is 0 Å². The molecule has 3 heteroatoms. The van der Waals surface area contributed by atoms with Crippen LogP contribution in [-0.4, -0.2) is 31.6 Å². The summed E-state index contributed by atoms with van der Waals surface area (Å²) in [5.74, 6) is 0.467. The second-order valence-electron chi connectivity index (χ2n) is 5.10. The molecule has 0 saturated heterocycles. The first-order valence-electron chi connectivity index (χ1n) is 6.76. The number of benzene rings is 1. The van der Waals surface area contributed by atoms with Gasteiger partial charge in [-0.1, -0.05) is 32.0 Å². The van der Waals surface area contributed by atoms with Gasteiger partial charge < -0.3 is 10.2 Å². The fourth-order valence-electron chi connectivity index (χ4n) is 2.10. The Bertz CT molecular complexity index is 341. The Kier molecular flexibility index (Phi) is 6.91. The van der Waals surface area contributed by atoms with E-state index in [9.17, 15) is 4.39 Å². The molecule has 0 fully saturated rings. The highest BCUT2D eigenvalue weighted by atomic mass is 19.1. The lowest BCUT2D eigenvalue weighted by molar-refractivity contribution is 0.271. The number of hydrogen-bond acceptors (Lipinski definition) is 2. The van der Waals surface area contributed by atoms with E-state index in [1.54, 1.807) is 6.07 Å². The average Bonchev–Trinajstić information content (AvgIpc) is 2.32. The summed E-state index contributed by atoms with van der Waals surface area (Å²) in [4.78, 5) is 2.18. The third-order valence-electron chi connectivity index (χ3n) is 2.94. The molecule has 0 bridgehead atoms. The molecule has 1 rings (SSSR count). The van der Waals surface area contributed by atoms with E-state index in [1.807, 2.05) is 19.2 Å². The quantitative estimate of drug-likeness (QED) is 0.716. The maximum atomic E-state index is 13.5. The zero-order valence-corrected chi connectivity index (χ0v) is 11.7. The minimum absolute atomic E-state index is 0.110. The van der Waals surface area contributed by atoms with Crippen LogP contribution in [0.25, 0.3) is 0 Å². The molecule has 1 aromatic carbocycles. The molecule has 0 saturated carbocycles.